The zero-order valence-corrected chi connectivity index (χ0v) is 12.4. The number of rotatable bonds is 2. The lowest BCUT2D eigenvalue weighted by molar-refractivity contribution is 0.695. The van der Waals surface area contributed by atoms with E-state index in [-0.39, 0.29) is 5.56 Å². The maximum absolute atomic E-state index is 12.0. The molecule has 0 aliphatic carbocycles. The largest absolute Gasteiger partial charge is 0.291 e. The van der Waals surface area contributed by atoms with Crippen molar-refractivity contribution in [1.29, 1.82) is 0 Å². The van der Waals surface area contributed by atoms with Crippen molar-refractivity contribution >= 4 is 27.5 Å². The van der Waals surface area contributed by atoms with Gasteiger partial charge in [0.15, 0.2) is 0 Å². The van der Waals surface area contributed by atoms with Crippen molar-refractivity contribution in [2.75, 3.05) is 0 Å². The summed E-state index contributed by atoms with van der Waals surface area (Å²) in [7, 11) is 0. The molecule has 0 aliphatic rings. The van der Waals surface area contributed by atoms with Crippen molar-refractivity contribution in [3.8, 4) is 0 Å². The molecule has 0 atom stereocenters. The lowest BCUT2D eigenvalue weighted by Crippen LogP contribution is -2.24. The Kier molecular flexibility index (Phi) is 3.88. The Morgan fingerprint density at radius 1 is 1.39 bits per heavy atom. The first-order chi connectivity index (χ1) is 8.49. The molecule has 3 nitrogen and oxygen atoms in total. The van der Waals surface area contributed by atoms with Crippen LogP contribution in [0.1, 0.15) is 17.0 Å². The van der Waals surface area contributed by atoms with Crippen LogP contribution in [0.2, 0.25) is 5.02 Å². The van der Waals surface area contributed by atoms with Crippen LogP contribution >= 0.6 is 27.5 Å². The minimum absolute atomic E-state index is 0.0980. The van der Waals surface area contributed by atoms with Crippen LogP contribution in [-0.2, 0) is 6.54 Å². The fourth-order valence-electron chi connectivity index (χ4n) is 1.69. The third kappa shape index (κ3) is 2.65. The van der Waals surface area contributed by atoms with E-state index >= 15 is 0 Å². The van der Waals surface area contributed by atoms with Gasteiger partial charge in [-0.2, -0.15) is 0 Å². The molecule has 0 fully saturated rings. The second-order valence-corrected chi connectivity index (χ2v) is 5.40. The molecule has 0 saturated heterocycles. The Balaban J connectivity index is 2.46. The third-order valence-electron chi connectivity index (χ3n) is 2.74. The van der Waals surface area contributed by atoms with Gasteiger partial charge in [-0.1, -0.05) is 23.7 Å². The lowest BCUT2D eigenvalue weighted by atomic mass is 10.1. The molecule has 0 amide bonds. The summed E-state index contributed by atoms with van der Waals surface area (Å²) in [4.78, 5) is 16.2. The molecule has 0 radical (unpaired) electrons. The maximum Gasteiger partial charge on any atom is 0.268 e. The van der Waals surface area contributed by atoms with E-state index in [2.05, 4.69) is 20.9 Å². The Morgan fingerprint density at radius 2 is 2.11 bits per heavy atom. The van der Waals surface area contributed by atoms with E-state index in [9.17, 15) is 4.79 Å². The number of benzene rings is 1. The first kappa shape index (κ1) is 13.3. The van der Waals surface area contributed by atoms with Gasteiger partial charge in [-0.25, -0.2) is 4.98 Å². The number of nitrogens with zero attached hydrogens (tertiary/aromatic N) is 2. The Labute approximate surface area is 119 Å². The molecule has 1 aromatic carbocycles. The highest BCUT2D eigenvalue weighted by Crippen LogP contribution is 2.18. The molecule has 0 spiro atoms. The van der Waals surface area contributed by atoms with Crippen molar-refractivity contribution in [3.63, 3.8) is 0 Å². The van der Waals surface area contributed by atoms with Crippen LogP contribution in [0, 0.1) is 13.8 Å². The predicted molar refractivity (Wildman–Crippen MR) is 76.2 cm³/mol. The van der Waals surface area contributed by atoms with Crippen LogP contribution in [0.3, 0.4) is 0 Å². The van der Waals surface area contributed by atoms with Gasteiger partial charge in [0.25, 0.3) is 5.56 Å². The summed E-state index contributed by atoms with van der Waals surface area (Å²) < 4.78 is 2.05. The molecular weight excluding hydrogens is 316 g/mol. The summed E-state index contributed by atoms with van der Waals surface area (Å²) in [5.41, 5.74) is 1.91. The normalized spacial score (nSPS) is 10.7. The highest BCUT2D eigenvalue weighted by Gasteiger charge is 2.08. The monoisotopic (exact) mass is 326 g/mol. The summed E-state index contributed by atoms with van der Waals surface area (Å²) in [6.45, 7) is 4.21. The highest BCUT2D eigenvalue weighted by molar-refractivity contribution is 9.10. The average molecular weight is 328 g/mol. The smallest absolute Gasteiger partial charge is 0.268 e. The summed E-state index contributed by atoms with van der Waals surface area (Å²) in [6.07, 6.45) is 1.52. The molecule has 0 N–H and O–H groups in total. The Morgan fingerprint density at radius 3 is 2.78 bits per heavy atom. The Bertz CT molecular complexity index is 652. The molecule has 2 rings (SSSR count). The van der Waals surface area contributed by atoms with Crippen molar-refractivity contribution < 1.29 is 0 Å². The van der Waals surface area contributed by atoms with Gasteiger partial charge in [-0.05, 0) is 47.0 Å². The van der Waals surface area contributed by atoms with E-state index in [0.29, 0.717) is 21.9 Å². The number of halogens is 2. The third-order valence-corrected chi connectivity index (χ3v) is 3.64. The second kappa shape index (κ2) is 5.24. The zero-order valence-electron chi connectivity index (χ0n) is 10.1. The van der Waals surface area contributed by atoms with Gasteiger partial charge in [0.2, 0.25) is 0 Å². The highest BCUT2D eigenvalue weighted by atomic mass is 79.9. The standard InChI is InChI=1S/C13H12BrClN2O/c1-8-3-4-10(12(15)5-8)7-17-9(2)16-6-11(14)13(17)18/h3-6H,7H2,1-2H3. The molecule has 1 heterocycles. The Hall–Kier alpha value is -1.13. The number of aryl methyl sites for hydroxylation is 2. The van der Waals surface area contributed by atoms with Gasteiger partial charge in [-0.3, -0.25) is 9.36 Å². The van der Waals surface area contributed by atoms with E-state index in [4.69, 9.17) is 11.6 Å². The maximum atomic E-state index is 12.0. The molecule has 5 heteroatoms. The average Bonchev–Trinajstić information content (AvgIpc) is 2.32. The molecule has 0 aliphatic heterocycles. The van der Waals surface area contributed by atoms with Crippen molar-refractivity contribution in [2.45, 2.75) is 20.4 Å². The number of hydrogen-bond donors (Lipinski definition) is 0. The molecule has 2 aromatic rings. The summed E-state index contributed by atoms with van der Waals surface area (Å²) >= 11 is 9.37. The van der Waals surface area contributed by atoms with Gasteiger partial charge in [0.05, 0.1) is 6.54 Å². The van der Waals surface area contributed by atoms with Gasteiger partial charge in [0.1, 0.15) is 10.3 Å². The first-order valence-corrected chi connectivity index (χ1v) is 6.63. The molecular formula is C13H12BrClN2O. The van der Waals surface area contributed by atoms with Gasteiger partial charge in [0, 0.05) is 11.2 Å². The molecule has 1 aromatic heterocycles. The first-order valence-electron chi connectivity index (χ1n) is 5.46. The van der Waals surface area contributed by atoms with E-state index < -0.39 is 0 Å². The molecule has 0 saturated carbocycles. The van der Waals surface area contributed by atoms with Gasteiger partial charge in [-0.15, -0.1) is 0 Å². The van der Waals surface area contributed by atoms with Crippen LogP contribution in [0.25, 0.3) is 0 Å². The van der Waals surface area contributed by atoms with Gasteiger partial charge < -0.3 is 0 Å². The minimum atomic E-state index is -0.0980. The van der Waals surface area contributed by atoms with E-state index in [1.165, 1.54) is 6.20 Å². The number of hydrogen-bond acceptors (Lipinski definition) is 2. The topological polar surface area (TPSA) is 34.9 Å². The fraction of sp³-hybridized carbons (Fsp3) is 0.231. The molecule has 18 heavy (non-hydrogen) atoms. The second-order valence-electron chi connectivity index (χ2n) is 4.14. The van der Waals surface area contributed by atoms with Crippen molar-refractivity contribution in [2.24, 2.45) is 0 Å². The van der Waals surface area contributed by atoms with E-state index in [1.54, 1.807) is 11.5 Å². The van der Waals surface area contributed by atoms with Crippen LogP contribution in [-0.4, -0.2) is 9.55 Å². The van der Waals surface area contributed by atoms with Crippen LogP contribution in [0.4, 0.5) is 0 Å². The fourth-order valence-corrected chi connectivity index (χ4v) is 2.30. The van der Waals surface area contributed by atoms with Crippen LogP contribution in [0.15, 0.2) is 33.7 Å². The molecule has 0 bridgehead atoms. The van der Waals surface area contributed by atoms with Crippen LogP contribution < -0.4 is 5.56 Å². The number of aromatic nitrogens is 2. The predicted octanol–water partition coefficient (Wildman–Crippen LogP) is 3.32. The minimum Gasteiger partial charge on any atom is -0.291 e. The zero-order chi connectivity index (χ0) is 13.3. The summed E-state index contributed by atoms with van der Waals surface area (Å²) in [6, 6.07) is 5.81. The molecule has 0 unspecified atom stereocenters. The van der Waals surface area contributed by atoms with Crippen LogP contribution in [0.5, 0.6) is 0 Å². The van der Waals surface area contributed by atoms with E-state index in [0.717, 1.165) is 11.1 Å². The summed E-state index contributed by atoms with van der Waals surface area (Å²) in [5, 5.41) is 0.668. The summed E-state index contributed by atoms with van der Waals surface area (Å²) in [5.74, 6) is 0.667. The van der Waals surface area contributed by atoms with E-state index in [1.807, 2.05) is 25.1 Å². The lowest BCUT2D eigenvalue weighted by Gasteiger charge is -2.11. The quantitative estimate of drug-likeness (QED) is 0.848. The molecule has 94 valence electrons. The van der Waals surface area contributed by atoms with Crippen molar-refractivity contribution in [1.82, 2.24) is 9.55 Å². The SMILES string of the molecule is Cc1ccc(Cn2c(C)ncc(Br)c2=O)c(Cl)c1. The van der Waals surface area contributed by atoms with Crippen molar-refractivity contribution in [3.05, 3.63) is 61.2 Å². The van der Waals surface area contributed by atoms with Gasteiger partial charge >= 0.3 is 0 Å².